The summed E-state index contributed by atoms with van der Waals surface area (Å²) < 4.78 is 0. The minimum Gasteiger partial charge on any atom is -0.354 e. The molecule has 9 rings (SSSR count). The topological polar surface area (TPSA) is 112 Å². The van der Waals surface area contributed by atoms with E-state index in [0.29, 0.717) is 5.70 Å². The van der Waals surface area contributed by atoms with Crippen LogP contribution in [0.2, 0.25) is 0 Å². The van der Waals surface area contributed by atoms with Gasteiger partial charge in [0.25, 0.3) is 0 Å². The molecular weight excluding hydrogens is 530 g/mol. The molecular formula is C36H23N7. The van der Waals surface area contributed by atoms with Gasteiger partial charge in [-0.1, -0.05) is 102 Å². The fraction of sp³-hybridized carbons (Fsp3) is 0. The van der Waals surface area contributed by atoms with Crippen LogP contribution in [0.25, 0.3) is 77.5 Å². The highest BCUT2D eigenvalue weighted by atomic mass is 15.1. The Morgan fingerprint density at radius 1 is 0.442 bits per heavy atom. The number of benzene rings is 4. The molecule has 1 aliphatic rings. The number of aromatic nitrogens is 4. The fourth-order valence-corrected chi connectivity index (χ4v) is 6.64. The van der Waals surface area contributed by atoms with E-state index in [4.69, 9.17) is 0 Å². The summed E-state index contributed by atoms with van der Waals surface area (Å²) in [6.07, 6.45) is 6.50. The highest BCUT2D eigenvalue weighted by Gasteiger charge is 2.16. The van der Waals surface area contributed by atoms with Crippen LogP contribution in [0.15, 0.2) is 102 Å². The van der Waals surface area contributed by atoms with Crippen molar-refractivity contribution in [3.05, 3.63) is 152 Å². The second kappa shape index (κ2) is 8.91. The molecule has 202 valence electrons. The van der Waals surface area contributed by atoms with Crippen molar-refractivity contribution in [1.82, 2.24) is 19.9 Å². The highest BCUT2D eigenvalue weighted by molar-refractivity contribution is 6.01. The maximum atomic E-state index is 9.79. The molecule has 8 bridgehead atoms. The zero-order chi connectivity index (χ0) is 28.5. The SMILES string of the molecule is [N-]=[N+]=NC1=c2[nH]c(c3ccccc23)=Cc2[nH]c(c3ccccc23)C=c2[nH]c(c3ccccc23)=Cc2[nH]c1c1ccccc21. The van der Waals surface area contributed by atoms with E-state index in [1.807, 2.05) is 24.3 Å². The molecule has 4 aromatic heterocycles. The monoisotopic (exact) mass is 553 g/mol. The predicted octanol–water partition coefficient (Wildman–Crippen LogP) is 5.88. The van der Waals surface area contributed by atoms with E-state index < -0.39 is 0 Å². The van der Waals surface area contributed by atoms with E-state index in [-0.39, 0.29) is 0 Å². The van der Waals surface area contributed by atoms with Gasteiger partial charge in [-0.2, -0.15) is 0 Å². The van der Waals surface area contributed by atoms with Crippen LogP contribution < -0.4 is 21.4 Å². The molecule has 4 N–H and O–H groups in total. The molecule has 7 heteroatoms. The van der Waals surface area contributed by atoms with E-state index in [1.54, 1.807) is 0 Å². The molecule has 8 aromatic rings. The number of H-pyrrole nitrogens is 4. The van der Waals surface area contributed by atoms with Crippen LogP contribution in [0.3, 0.4) is 0 Å². The van der Waals surface area contributed by atoms with Crippen molar-refractivity contribution in [2.45, 2.75) is 0 Å². The standard InChI is InChI=1S/C36H23N7/c37-43-42-36-34-26-15-7-5-13-24(26)32(40-34)18-30-22-11-3-1-9-20(22)28(38-30)17-29-21-10-2-4-12-23(21)31(39-29)19-33-25-14-6-8-16-27(25)35(36)41-33/h1-19,38-41H. The van der Waals surface area contributed by atoms with Gasteiger partial charge >= 0.3 is 0 Å². The lowest BCUT2D eigenvalue weighted by atomic mass is 10.1. The predicted molar refractivity (Wildman–Crippen MR) is 174 cm³/mol. The molecule has 0 radical (unpaired) electrons. The molecule has 0 saturated heterocycles. The number of aromatic amines is 4. The molecule has 0 fully saturated rings. The van der Waals surface area contributed by atoms with Crippen molar-refractivity contribution < 1.29 is 0 Å². The quantitative estimate of drug-likeness (QED) is 0.111. The van der Waals surface area contributed by atoms with Crippen LogP contribution in [-0.2, 0) is 0 Å². The van der Waals surface area contributed by atoms with Crippen LogP contribution in [0.4, 0.5) is 0 Å². The molecule has 0 aliphatic carbocycles. The first-order valence-electron chi connectivity index (χ1n) is 14.2. The number of rotatable bonds is 1. The first kappa shape index (κ1) is 23.5. The van der Waals surface area contributed by atoms with E-state index in [0.717, 1.165) is 87.3 Å². The van der Waals surface area contributed by atoms with Gasteiger partial charge in [0.2, 0.25) is 0 Å². The fourth-order valence-electron chi connectivity index (χ4n) is 6.64. The maximum absolute atomic E-state index is 9.79. The maximum Gasteiger partial charge on any atom is 0.0858 e. The Kier molecular flexibility index (Phi) is 4.88. The molecule has 43 heavy (non-hydrogen) atoms. The average molecular weight is 554 g/mol. The van der Waals surface area contributed by atoms with Crippen molar-refractivity contribution >= 4 is 67.0 Å². The van der Waals surface area contributed by atoms with Crippen molar-refractivity contribution in [3.63, 3.8) is 0 Å². The first-order valence-corrected chi connectivity index (χ1v) is 14.2. The van der Waals surface area contributed by atoms with Gasteiger partial charge in [-0.05, 0) is 23.8 Å². The Bertz CT molecular complexity index is 2740. The molecule has 4 aromatic carbocycles. The number of nitrogens with zero attached hydrogens (tertiary/aromatic N) is 3. The van der Waals surface area contributed by atoms with E-state index in [1.165, 1.54) is 0 Å². The zero-order valence-electron chi connectivity index (χ0n) is 22.8. The smallest absolute Gasteiger partial charge is 0.0858 e. The van der Waals surface area contributed by atoms with Gasteiger partial charge in [0.05, 0.1) is 16.7 Å². The van der Waals surface area contributed by atoms with Crippen molar-refractivity contribution in [2.75, 3.05) is 0 Å². The lowest BCUT2D eigenvalue weighted by Gasteiger charge is -1.99. The second-order valence-electron chi connectivity index (χ2n) is 10.9. The molecule has 0 atom stereocenters. The number of hydrogen-bond donors (Lipinski definition) is 4. The van der Waals surface area contributed by atoms with E-state index in [9.17, 15) is 5.53 Å². The third-order valence-corrected chi connectivity index (χ3v) is 8.53. The van der Waals surface area contributed by atoms with Gasteiger partial charge in [0.1, 0.15) is 0 Å². The van der Waals surface area contributed by atoms with Gasteiger partial charge in [-0.25, -0.2) is 0 Å². The summed E-state index contributed by atoms with van der Waals surface area (Å²) in [5.41, 5.74) is 14.0. The minimum absolute atomic E-state index is 0.517. The number of fused-ring (bicyclic) bond motifs is 20. The minimum atomic E-state index is 0.517. The molecule has 1 aliphatic heterocycles. The Hall–Kier alpha value is -6.17. The normalized spacial score (nSPS) is 12.7. The summed E-state index contributed by atoms with van der Waals surface area (Å²) in [6, 6.07) is 33.3. The Balaban J connectivity index is 1.55. The third-order valence-electron chi connectivity index (χ3n) is 8.53. The molecule has 7 nitrogen and oxygen atoms in total. The van der Waals surface area contributed by atoms with Gasteiger partial charge in [0.15, 0.2) is 0 Å². The molecule has 0 unspecified atom stereocenters. The van der Waals surface area contributed by atoms with Crippen molar-refractivity contribution in [1.29, 1.82) is 0 Å². The van der Waals surface area contributed by atoms with Crippen LogP contribution in [0.1, 0.15) is 22.8 Å². The van der Waals surface area contributed by atoms with Crippen molar-refractivity contribution in [2.24, 2.45) is 5.11 Å². The molecule has 0 spiro atoms. The van der Waals surface area contributed by atoms with Crippen LogP contribution >= 0.6 is 0 Å². The van der Waals surface area contributed by atoms with E-state index >= 15 is 0 Å². The summed E-state index contributed by atoms with van der Waals surface area (Å²) in [5, 5.41) is 16.6. The van der Waals surface area contributed by atoms with Gasteiger partial charge in [-0.15, -0.1) is 0 Å². The van der Waals surface area contributed by atoms with Crippen molar-refractivity contribution in [3.8, 4) is 0 Å². The summed E-state index contributed by atoms with van der Waals surface area (Å²) in [6.45, 7) is 0. The van der Waals surface area contributed by atoms with Crippen LogP contribution in [-0.4, -0.2) is 19.9 Å². The molecule has 0 saturated carbocycles. The van der Waals surface area contributed by atoms with Gasteiger partial charge in [0, 0.05) is 81.1 Å². The van der Waals surface area contributed by atoms with Crippen LogP contribution in [0.5, 0.6) is 0 Å². The Morgan fingerprint density at radius 2 is 0.860 bits per heavy atom. The third kappa shape index (κ3) is 3.46. The van der Waals surface area contributed by atoms with Gasteiger partial charge in [-0.3, -0.25) is 0 Å². The zero-order valence-corrected chi connectivity index (χ0v) is 22.8. The molecule has 5 heterocycles. The second-order valence-corrected chi connectivity index (χ2v) is 10.9. The first-order chi connectivity index (χ1) is 21.3. The lowest BCUT2D eigenvalue weighted by Crippen LogP contribution is -2.14. The average Bonchev–Trinajstić information content (AvgIpc) is 3.79. The Morgan fingerprint density at radius 3 is 1.42 bits per heavy atom. The Labute approximate surface area is 243 Å². The number of nitrogens with one attached hydrogen (secondary N) is 4. The number of hydrogen-bond acceptors (Lipinski definition) is 1. The molecule has 0 amide bonds. The summed E-state index contributed by atoms with van der Waals surface area (Å²) in [7, 11) is 0. The summed E-state index contributed by atoms with van der Waals surface area (Å²) in [4.78, 5) is 18.0. The van der Waals surface area contributed by atoms with E-state index in [2.05, 4.69) is 121 Å². The lowest BCUT2D eigenvalue weighted by molar-refractivity contribution is 1.21. The summed E-state index contributed by atoms with van der Waals surface area (Å²) >= 11 is 0. The largest absolute Gasteiger partial charge is 0.354 e. The highest BCUT2D eigenvalue weighted by Crippen LogP contribution is 2.29. The number of azide groups is 1. The van der Waals surface area contributed by atoms with Gasteiger partial charge < -0.3 is 19.9 Å². The van der Waals surface area contributed by atoms with Crippen LogP contribution in [0, 0.1) is 0 Å². The summed E-state index contributed by atoms with van der Waals surface area (Å²) in [5.74, 6) is 0.